The summed E-state index contributed by atoms with van der Waals surface area (Å²) < 4.78 is 11.2. The summed E-state index contributed by atoms with van der Waals surface area (Å²) >= 11 is 0. The third-order valence-corrected chi connectivity index (χ3v) is 3.35. The number of nitrogens with two attached hydrogens (primary N) is 1. The van der Waals surface area contributed by atoms with Crippen molar-refractivity contribution in [2.75, 3.05) is 13.7 Å². The summed E-state index contributed by atoms with van der Waals surface area (Å²) in [7, 11) is 1.55. The van der Waals surface area contributed by atoms with Crippen molar-refractivity contribution in [3.8, 4) is 5.75 Å². The van der Waals surface area contributed by atoms with Crippen LogP contribution in [0.5, 0.6) is 5.75 Å². The normalized spacial score (nSPS) is 11.8. The van der Waals surface area contributed by atoms with Crippen LogP contribution in [0.4, 0.5) is 0 Å². The van der Waals surface area contributed by atoms with E-state index in [0.29, 0.717) is 11.3 Å². The monoisotopic (exact) mass is 333 g/mol. The van der Waals surface area contributed by atoms with Gasteiger partial charge in [0.25, 0.3) is 5.91 Å². The predicted molar refractivity (Wildman–Crippen MR) is 84.7 cm³/mol. The number of esters is 1. The zero-order valence-electron chi connectivity index (χ0n) is 13.4. The predicted octanol–water partition coefficient (Wildman–Crippen LogP) is 0.901. The van der Waals surface area contributed by atoms with Crippen LogP contribution in [-0.2, 0) is 11.3 Å². The van der Waals surface area contributed by atoms with Crippen molar-refractivity contribution in [3.63, 3.8) is 0 Å². The first-order valence-corrected chi connectivity index (χ1v) is 7.32. The fourth-order valence-electron chi connectivity index (χ4n) is 2.17. The van der Waals surface area contributed by atoms with Gasteiger partial charge in [0, 0.05) is 6.20 Å². The summed E-state index contributed by atoms with van der Waals surface area (Å²) in [5, 5.41) is 10.3. The van der Waals surface area contributed by atoms with E-state index in [1.165, 1.54) is 10.8 Å². The van der Waals surface area contributed by atoms with Gasteiger partial charge < -0.3 is 24.9 Å². The van der Waals surface area contributed by atoms with Crippen molar-refractivity contribution in [3.05, 3.63) is 47.5 Å². The van der Waals surface area contributed by atoms with E-state index in [2.05, 4.69) is 4.98 Å². The minimum absolute atomic E-state index is 0.0109. The smallest absolute Gasteiger partial charge is 0.358 e. The number of hydrogen-bond donors (Lipinski definition) is 2. The fourth-order valence-corrected chi connectivity index (χ4v) is 2.17. The highest BCUT2D eigenvalue weighted by molar-refractivity contribution is 5.93. The number of aromatic nitrogens is 2. The second-order valence-corrected chi connectivity index (χ2v) is 4.98. The molecule has 1 amide bonds. The minimum Gasteiger partial charge on any atom is -0.497 e. The molecule has 2 rings (SSSR count). The number of carbonyl (C=O) groups is 2. The first-order valence-electron chi connectivity index (χ1n) is 7.32. The van der Waals surface area contributed by atoms with Crippen LogP contribution >= 0.6 is 0 Å². The molecule has 1 aromatic carbocycles. The van der Waals surface area contributed by atoms with Crippen molar-refractivity contribution >= 4 is 11.9 Å². The molecule has 3 N–H and O–H groups in total. The zero-order valence-corrected chi connectivity index (χ0v) is 13.4. The Labute approximate surface area is 138 Å². The Morgan fingerprint density at radius 1 is 1.33 bits per heavy atom. The summed E-state index contributed by atoms with van der Waals surface area (Å²) in [5.74, 6) is -0.910. The van der Waals surface area contributed by atoms with Gasteiger partial charge in [0.2, 0.25) is 0 Å². The molecule has 1 atom stereocenters. The van der Waals surface area contributed by atoms with Crippen LogP contribution in [0.1, 0.15) is 39.7 Å². The molecule has 1 aromatic heterocycles. The molecule has 0 saturated carbocycles. The molecular weight excluding hydrogens is 314 g/mol. The summed E-state index contributed by atoms with van der Waals surface area (Å²) in [6.45, 7) is 1.86. The number of aliphatic hydroxyl groups is 1. The molecule has 1 heterocycles. The number of imidazole rings is 1. The minimum atomic E-state index is -0.918. The van der Waals surface area contributed by atoms with Crippen LogP contribution in [0.15, 0.2) is 30.5 Å². The zero-order chi connectivity index (χ0) is 17.7. The van der Waals surface area contributed by atoms with Gasteiger partial charge in [-0.3, -0.25) is 4.79 Å². The second-order valence-electron chi connectivity index (χ2n) is 4.98. The number of aliphatic hydroxyl groups excluding tert-OH is 1. The lowest BCUT2D eigenvalue weighted by atomic mass is 10.1. The molecule has 0 aliphatic heterocycles. The van der Waals surface area contributed by atoms with Gasteiger partial charge in [0.15, 0.2) is 11.5 Å². The van der Waals surface area contributed by atoms with Crippen LogP contribution in [0, 0.1) is 0 Å². The molecule has 24 heavy (non-hydrogen) atoms. The summed E-state index contributed by atoms with van der Waals surface area (Å²) in [5.41, 5.74) is 5.87. The lowest BCUT2D eigenvalue weighted by Crippen LogP contribution is -2.20. The molecule has 0 fully saturated rings. The number of nitrogens with zero attached hydrogens (tertiary/aromatic N) is 2. The number of methoxy groups -OCH3 is 1. The Bertz CT molecular complexity index is 724. The number of hydrogen-bond acceptors (Lipinski definition) is 6. The number of amides is 1. The average Bonchev–Trinajstić information content (AvgIpc) is 2.99. The van der Waals surface area contributed by atoms with E-state index in [4.69, 9.17) is 15.2 Å². The molecule has 8 nitrogen and oxygen atoms in total. The lowest BCUT2D eigenvalue weighted by molar-refractivity contribution is 0.0519. The highest BCUT2D eigenvalue weighted by atomic mass is 16.5. The van der Waals surface area contributed by atoms with E-state index in [-0.39, 0.29) is 24.7 Å². The molecule has 0 unspecified atom stereocenters. The number of rotatable bonds is 7. The van der Waals surface area contributed by atoms with Gasteiger partial charge in [0.1, 0.15) is 5.75 Å². The maximum atomic E-state index is 11.7. The highest BCUT2D eigenvalue weighted by Crippen LogP contribution is 2.20. The van der Waals surface area contributed by atoms with Gasteiger partial charge in [-0.1, -0.05) is 12.1 Å². The van der Waals surface area contributed by atoms with Gasteiger partial charge in [-0.05, 0) is 24.6 Å². The van der Waals surface area contributed by atoms with Crippen molar-refractivity contribution in [1.29, 1.82) is 0 Å². The molecular formula is C16H19N3O5. The van der Waals surface area contributed by atoms with Crippen LogP contribution in [-0.4, -0.2) is 40.3 Å². The largest absolute Gasteiger partial charge is 0.497 e. The highest BCUT2D eigenvalue weighted by Gasteiger charge is 2.20. The van der Waals surface area contributed by atoms with Crippen LogP contribution in [0.3, 0.4) is 0 Å². The SMILES string of the molecule is CCOC(=O)c1cn(C[C@H](O)c2ccc(OC)cc2)c(C(N)=O)n1. The number of primary amides is 1. The van der Waals surface area contributed by atoms with E-state index in [0.717, 1.165) is 0 Å². The molecule has 0 bridgehead atoms. The lowest BCUT2D eigenvalue weighted by Gasteiger charge is -2.13. The van der Waals surface area contributed by atoms with Gasteiger partial charge in [-0.15, -0.1) is 0 Å². The van der Waals surface area contributed by atoms with Crippen molar-refractivity contribution in [2.24, 2.45) is 5.73 Å². The average molecular weight is 333 g/mol. The molecule has 0 spiro atoms. The third kappa shape index (κ3) is 3.90. The summed E-state index contributed by atoms with van der Waals surface area (Å²) in [4.78, 5) is 27.1. The molecule has 0 aliphatic carbocycles. The van der Waals surface area contributed by atoms with Crippen molar-refractivity contribution in [1.82, 2.24) is 9.55 Å². The maximum absolute atomic E-state index is 11.7. The molecule has 2 aromatic rings. The fraction of sp³-hybridized carbons (Fsp3) is 0.312. The number of carbonyl (C=O) groups excluding carboxylic acids is 2. The van der Waals surface area contributed by atoms with E-state index in [9.17, 15) is 14.7 Å². The molecule has 8 heteroatoms. The first-order chi connectivity index (χ1) is 11.5. The Hall–Kier alpha value is -2.87. The van der Waals surface area contributed by atoms with E-state index < -0.39 is 18.0 Å². The first kappa shape index (κ1) is 17.5. The van der Waals surface area contributed by atoms with E-state index in [1.54, 1.807) is 38.3 Å². The van der Waals surface area contributed by atoms with Crippen LogP contribution < -0.4 is 10.5 Å². The Morgan fingerprint density at radius 3 is 2.54 bits per heavy atom. The summed E-state index contributed by atoms with van der Waals surface area (Å²) in [6.07, 6.45) is 0.420. The van der Waals surface area contributed by atoms with Crippen molar-refractivity contribution < 1.29 is 24.2 Å². The second kappa shape index (κ2) is 7.60. The maximum Gasteiger partial charge on any atom is 0.358 e. The topological polar surface area (TPSA) is 117 Å². The van der Waals surface area contributed by atoms with E-state index in [1.807, 2.05) is 0 Å². The van der Waals surface area contributed by atoms with Crippen molar-refractivity contribution in [2.45, 2.75) is 19.6 Å². The molecule has 0 aliphatic rings. The number of ether oxygens (including phenoxy) is 2. The summed E-state index contributed by atoms with van der Waals surface area (Å²) in [6, 6.07) is 6.84. The van der Waals surface area contributed by atoms with Gasteiger partial charge in [0.05, 0.1) is 26.4 Å². The van der Waals surface area contributed by atoms with Gasteiger partial charge in [-0.25, -0.2) is 9.78 Å². The molecule has 0 radical (unpaired) electrons. The number of benzene rings is 1. The molecule has 128 valence electrons. The Balaban J connectivity index is 2.23. The Kier molecular flexibility index (Phi) is 5.54. The Morgan fingerprint density at radius 2 is 2.00 bits per heavy atom. The quantitative estimate of drug-likeness (QED) is 0.727. The van der Waals surface area contributed by atoms with Crippen LogP contribution in [0.2, 0.25) is 0 Å². The van der Waals surface area contributed by atoms with Gasteiger partial charge >= 0.3 is 5.97 Å². The van der Waals surface area contributed by atoms with Gasteiger partial charge in [-0.2, -0.15) is 0 Å². The molecule has 0 saturated heterocycles. The van der Waals surface area contributed by atoms with Crippen LogP contribution in [0.25, 0.3) is 0 Å². The third-order valence-electron chi connectivity index (χ3n) is 3.35. The van der Waals surface area contributed by atoms with E-state index >= 15 is 0 Å². The standard InChI is InChI=1S/C16H19N3O5/c1-3-24-16(22)12-8-19(15(18-12)14(17)21)9-13(20)10-4-6-11(23-2)7-5-10/h4-8,13,20H,3,9H2,1-2H3,(H2,17,21)/t13-/m0/s1.